The van der Waals surface area contributed by atoms with Crippen molar-refractivity contribution < 1.29 is 19.5 Å². The summed E-state index contributed by atoms with van der Waals surface area (Å²) < 4.78 is 0. The van der Waals surface area contributed by atoms with Crippen molar-refractivity contribution in [3.63, 3.8) is 0 Å². The first-order valence-electron chi connectivity index (χ1n) is 8.57. The number of carboxylic acid groups (broad SMARTS) is 1. The summed E-state index contributed by atoms with van der Waals surface area (Å²) in [6.45, 7) is 5.29. The number of rotatable bonds is 5. The van der Waals surface area contributed by atoms with Gasteiger partial charge in [-0.15, -0.1) is 0 Å². The molecular weight excluding hydrogens is 322 g/mol. The molecule has 2 unspecified atom stereocenters. The molecule has 136 valence electrons. The maximum absolute atomic E-state index is 12.4. The first kappa shape index (κ1) is 18.8. The Morgan fingerprint density at radius 3 is 2.48 bits per heavy atom. The van der Waals surface area contributed by atoms with Crippen LogP contribution in [0.2, 0.25) is 0 Å². The van der Waals surface area contributed by atoms with Gasteiger partial charge in [-0.25, -0.2) is 4.79 Å². The molecule has 0 saturated carbocycles. The summed E-state index contributed by atoms with van der Waals surface area (Å²) in [5.74, 6) is -1.40. The molecule has 1 aromatic rings. The Morgan fingerprint density at radius 1 is 1.20 bits per heavy atom. The molecule has 7 nitrogen and oxygen atoms in total. The number of piperidine rings is 1. The van der Waals surface area contributed by atoms with Crippen LogP contribution in [-0.2, 0) is 4.79 Å². The number of aliphatic carboxylic acids is 1. The van der Waals surface area contributed by atoms with Gasteiger partial charge in [0.15, 0.2) is 0 Å². The monoisotopic (exact) mass is 347 g/mol. The Hall–Kier alpha value is -2.57. The molecule has 0 aromatic heterocycles. The van der Waals surface area contributed by atoms with E-state index in [0.29, 0.717) is 30.8 Å². The standard InChI is InChI=1S/C18H25N3O4/c1-3-8-19-16(22)13-4-6-15(7-5-13)20-18(25)21-10-12(2)9-14(11-21)17(23)24/h4-7,12,14H,3,8-11H2,1-2H3,(H,19,22)(H,20,25)(H,23,24). The predicted octanol–water partition coefficient (Wildman–Crippen LogP) is 2.40. The first-order valence-corrected chi connectivity index (χ1v) is 8.57. The van der Waals surface area contributed by atoms with Crippen molar-refractivity contribution in [3.8, 4) is 0 Å². The van der Waals surface area contributed by atoms with E-state index in [2.05, 4.69) is 10.6 Å². The van der Waals surface area contributed by atoms with Crippen LogP contribution in [0.1, 0.15) is 37.0 Å². The zero-order valence-corrected chi connectivity index (χ0v) is 14.6. The average Bonchev–Trinajstić information content (AvgIpc) is 2.59. The fraction of sp³-hybridized carbons (Fsp3) is 0.500. The highest BCUT2D eigenvalue weighted by molar-refractivity contribution is 5.95. The molecule has 0 spiro atoms. The summed E-state index contributed by atoms with van der Waals surface area (Å²) in [5, 5.41) is 14.7. The van der Waals surface area contributed by atoms with E-state index in [-0.39, 0.29) is 24.4 Å². The van der Waals surface area contributed by atoms with Gasteiger partial charge in [0.05, 0.1) is 5.92 Å². The summed E-state index contributed by atoms with van der Waals surface area (Å²) in [4.78, 5) is 37.0. The summed E-state index contributed by atoms with van der Waals surface area (Å²) in [6, 6.07) is 6.32. The van der Waals surface area contributed by atoms with E-state index in [9.17, 15) is 19.5 Å². The van der Waals surface area contributed by atoms with Crippen molar-refractivity contribution in [1.82, 2.24) is 10.2 Å². The number of nitrogens with zero attached hydrogens (tertiary/aromatic N) is 1. The maximum Gasteiger partial charge on any atom is 0.321 e. The molecule has 1 aliphatic heterocycles. The van der Waals surface area contributed by atoms with Gasteiger partial charge in [-0.1, -0.05) is 13.8 Å². The minimum atomic E-state index is -0.869. The summed E-state index contributed by atoms with van der Waals surface area (Å²) in [5.41, 5.74) is 1.10. The molecule has 0 radical (unpaired) electrons. The summed E-state index contributed by atoms with van der Waals surface area (Å²) >= 11 is 0. The van der Waals surface area contributed by atoms with Crippen molar-refractivity contribution in [2.24, 2.45) is 11.8 Å². The Kier molecular flexibility index (Phi) is 6.38. The Bertz CT molecular complexity index is 630. The molecule has 1 heterocycles. The van der Waals surface area contributed by atoms with Gasteiger partial charge in [0.1, 0.15) is 0 Å². The number of carbonyl (C=O) groups excluding carboxylic acids is 2. The molecule has 2 rings (SSSR count). The maximum atomic E-state index is 12.4. The van der Waals surface area contributed by atoms with Crippen LogP contribution in [0.4, 0.5) is 10.5 Å². The lowest BCUT2D eigenvalue weighted by atomic mass is 9.91. The SMILES string of the molecule is CCCNC(=O)c1ccc(NC(=O)N2CC(C)CC(C(=O)O)C2)cc1. The van der Waals surface area contributed by atoms with Crippen LogP contribution < -0.4 is 10.6 Å². The molecule has 3 amide bonds. The molecule has 1 saturated heterocycles. The Labute approximate surface area is 147 Å². The van der Waals surface area contributed by atoms with Gasteiger partial charge in [-0.3, -0.25) is 9.59 Å². The quantitative estimate of drug-likeness (QED) is 0.761. The summed E-state index contributed by atoms with van der Waals surface area (Å²) in [6.07, 6.45) is 1.45. The number of hydrogen-bond donors (Lipinski definition) is 3. The summed E-state index contributed by atoms with van der Waals surface area (Å²) in [7, 11) is 0. The number of urea groups is 1. The number of anilines is 1. The molecule has 7 heteroatoms. The van der Waals surface area contributed by atoms with E-state index >= 15 is 0 Å². The number of likely N-dealkylation sites (tertiary alicyclic amines) is 1. The zero-order valence-electron chi connectivity index (χ0n) is 14.6. The third-order valence-corrected chi connectivity index (χ3v) is 4.23. The van der Waals surface area contributed by atoms with Gasteiger partial charge < -0.3 is 20.6 Å². The highest BCUT2D eigenvalue weighted by atomic mass is 16.4. The topological polar surface area (TPSA) is 98.7 Å². The van der Waals surface area contributed by atoms with Crippen LogP contribution in [0.15, 0.2) is 24.3 Å². The van der Waals surface area contributed by atoms with E-state index in [1.54, 1.807) is 24.3 Å². The third-order valence-electron chi connectivity index (χ3n) is 4.23. The number of carbonyl (C=O) groups is 3. The minimum Gasteiger partial charge on any atom is -0.481 e. The highest BCUT2D eigenvalue weighted by Crippen LogP contribution is 2.22. The molecule has 2 atom stereocenters. The molecule has 0 aliphatic carbocycles. The van der Waals surface area contributed by atoms with Crippen molar-refractivity contribution in [1.29, 1.82) is 0 Å². The van der Waals surface area contributed by atoms with Crippen molar-refractivity contribution in [3.05, 3.63) is 29.8 Å². The third kappa shape index (κ3) is 5.20. The molecular formula is C18H25N3O4. The number of amides is 3. The second-order valence-corrected chi connectivity index (χ2v) is 6.54. The number of hydrogen-bond acceptors (Lipinski definition) is 3. The number of benzene rings is 1. The lowest BCUT2D eigenvalue weighted by Crippen LogP contribution is -2.47. The molecule has 1 fully saturated rings. The van der Waals surface area contributed by atoms with Gasteiger partial charge in [-0.05, 0) is 43.0 Å². The molecule has 1 aromatic carbocycles. The van der Waals surface area contributed by atoms with Gasteiger partial charge in [0.25, 0.3) is 5.91 Å². The molecule has 0 bridgehead atoms. The fourth-order valence-electron chi connectivity index (χ4n) is 2.94. The van der Waals surface area contributed by atoms with Gasteiger partial charge in [0, 0.05) is 30.9 Å². The normalized spacial score (nSPS) is 20.0. The van der Waals surface area contributed by atoms with E-state index in [1.165, 1.54) is 4.90 Å². The smallest absolute Gasteiger partial charge is 0.321 e. The van der Waals surface area contributed by atoms with Crippen LogP contribution in [-0.4, -0.2) is 47.5 Å². The van der Waals surface area contributed by atoms with Crippen LogP contribution in [0.25, 0.3) is 0 Å². The lowest BCUT2D eigenvalue weighted by Gasteiger charge is -2.34. The van der Waals surface area contributed by atoms with E-state index in [4.69, 9.17) is 0 Å². The van der Waals surface area contributed by atoms with Crippen LogP contribution >= 0.6 is 0 Å². The first-order chi connectivity index (χ1) is 11.9. The minimum absolute atomic E-state index is 0.144. The van der Waals surface area contributed by atoms with E-state index < -0.39 is 11.9 Å². The second kappa shape index (κ2) is 8.50. The van der Waals surface area contributed by atoms with Crippen molar-refractivity contribution in [2.45, 2.75) is 26.7 Å². The largest absolute Gasteiger partial charge is 0.481 e. The Balaban J connectivity index is 1.95. The highest BCUT2D eigenvalue weighted by Gasteiger charge is 2.31. The fourth-order valence-corrected chi connectivity index (χ4v) is 2.94. The van der Waals surface area contributed by atoms with E-state index in [0.717, 1.165) is 6.42 Å². The lowest BCUT2D eigenvalue weighted by molar-refractivity contribution is -0.143. The van der Waals surface area contributed by atoms with Gasteiger partial charge >= 0.3 is 12.0 Å². The average molecular weight is 347 g/mol. The van der Waals surface area contributed by atoms with Crippen LogP contribution in [0, 0.1) is 11.8 Å². The number of nitrogens with one attached hydrogen (secondary N) is 2. The second-order valence-electron chi connectivity index (χ2n) is 6.54. The van der Waals surface area contributed by atoms with Crippen molar-refractivity contribution in [2.75, 3.05) is 25.0 Å². The molecule has 1 aliphatic rings. The zero-order chi connectivity index (χ0) is 18.4. The molecule has 25 heavy (non-hydrogen) atoms. The Morgan fingerprint density at radius 2 is 1.88 bits per heavy atom. The number of carboxylic acids is 1. The van der Waals surface area contributed by atoms with Crippen LogP contribution in [0.5, 0.6) is 0 Å². The van der Waals surface area contributed by atoms with Gasteiger partial charge in [-0.2, -0.15) is 0 Å². The van der Waals surface area contributed by atoms with E-state index in [1.807, 2.05) is 13.8 Å². The molecule has 3 N–H and O–H groups in total. The van der Waals surface area contributed by atoms with Crippen LogP contribution in [0.3, 0.4) is 0 Å². The predicted molar refractivity (Wildman–Crippen MR) is 94.6 cm³/mol. The van der Waals surface area contributed by atoms with Gasteiger partial charge in [0.2, 0.25) is 0 Å². The van der Waals surface area contributed by atoms with Crippen molar-refractivity contribution >= 4 is 23.6 Å².